The second-order valence-corrected chi connectivity index (χ2v) is 13.4. The van der Waals surface area contributed by atoms with Gasteiger partial charge in [-0.2, -0.15) is 0 Å². The van der Waals surface area contributed by atoms with E-state index in [2.05, 4.69) is 115 Å². The maximum atomic E-state index is 11.9. The SMILES string of the molecule is Cc1c2cc(C(C)(C)C)cc1/C(c1cc[n+](C)cc1)=C\C1CC(O)(C(C)(C)C)CC(/C=C\2)C1(C)[OH2+]. The maximum Gasteiger partial charge on any atom is 0.173 e. The number of benzene rings is 1. The van der Waals surface area contributed by atoms with Crippen LogP contribution in [0.5, 0.6) is 0 Å². The van der Waals surface area contributed by atoms with E-state index in [1.165, 1.54) is 27.8 Å². The Hall–Kier alpha value is -2.23. The molecule has 0 saturated heterocycles. The minimum atomic E-state index is -0.837. The van der Waals surface area contributed by atoms with Crippen LogP contribution in [0.3, 0.4) is 0 Å². The van der Waals surface area contributed by atoms with E-state index < -0.39 is 11.2 Å². The number of fused-ring (bicyclic) bond motifs is 4. The lowest BCUT2D eigenvalue weighted by atomic mass is 9.56. The van der Waals surface area contributed by atoms with Crippen molar-refractivity contribution in [3.63, 3.8) is 0 Å². The molecule has 2 aliphatic rings. The standard InChI is InChI=1S/C32H44NO2/c1-21-23-10-11-24-19-32(35,30(5,6)7)20-26(31(24,8)34)18-28(22-12-14-33(9)15-13-22)27(21)17-25(16-23)29(2,3)4/h10-18,24,26,34-35H,19-20H2,1-9H3/q+1/p+1/b11-10-,28-18-. The fraction of sp³-hybridized carbons (Fsp3) is 0.531. The van der Waals surface area contributed by atoms with Crippen molar-refractivity contribution in [2.75, 3.05) is 0 Å². The predicted octanol–water partition coefficient (Wildman–Crippen LogP) is 5.86. The van der Waals surface area contributed by atoms with Gasteiger partial charge in [0.05, 0.1) is 17.4 Å². The molecule has 0 spiro atoms. The van der Waals surface area contributed by atoms with Crippen LogP contribution in [0.1, 0.15) is 89.1 Å². The predicted molar refractivity (Wildman–Crippen MR) is 146 cm³/mol. The molecule has 1 saturated carbocycles. The van der Waals surface area contributed by atoms with Crippen LogP contribution in [0.25, 0.3) is 11.6 Å². The van der Waals surface area contributed by atoms with E-state index in [1.807, 2.05) is 7.05 Å². The van der Waals surface area contributed by atoms with Crippen molar-refractivity contribution in [1.29, 1.82) is 0 Å². The molecule has 1 fully saturated rings. The first kappa shape index (κ1) is 25.9. The number of aliphatic hydroxyl groups is 1. The molecule has 4 bridgehead atoms. The minimum absolute atomic E-state index is 0.0235. The number of pyridine rings is 1. The third-order valence-electron chi connectivity index (χ3n) is 8.82. The van der Waals surface area contributed by atoms with Crippen molar-refractivity contribution in [1.82, 2.24) is 0 Å². The highest BCUT2D eigenvalue weighted by Gasteiger charge is 2.56. The number of hydrogen-bond donors (Lipinski definition) is 1. The zero-order valence-corrected chi connectivity index (χ0v) is 23.2. The van der Waals surface area contributed by atoms with Crippen LogP contribution in [-0.4, -0.2) is 21.4 Å². The van der Waals surface area contributed by atoms with E-state index in [0.717, 1.165) is 5.56 Å². The summed E-state index contributed by atoms with van der Waals surface area (Å²) in [6.07, 6.45) is 12.2. The van der Waals surface area contributed by atoms with E-state index in [-0.39, 0.29) is 22.7 Å². The van der Waals surface area contributed by atoms with Crippen molar-refractivity contribution in [3.05, 3.63) is 76.6 Å². The van der Waals surface area contributed by atoms with Crippen molar-refractivity contribution in [3.8, 4) is 0 Å². The highest BCUT2D eigenvalue weighted by Crippen LogP contribution is 2.52. The number of rotatable bonds is 1. The second kappa shape index (κ2) is 8.42. The van der Waals surface area contributed by atoms with Crippen LogP contribution in [0.2, 0.25) is 0 Å². The normalized spacial score (nSPS) is 31.5. The molecule has 4 unspecified atom stereocenters. The van der Waals surface area contributed by atoms with Crippen molar-refractivity contribution < 1.29 is 14.8 Å². The summed E-state index contributed by atoms with van der Waals surface area (Å²) in [4.78, 5) is 0. The summed E-state index contributed by atoms with van der Waals surface area (Å²) < 4.78 is 2.06. The third-order valence-corrected chi connectivity index (χ3v) is 8.82. The summed E-state index contributed by atoms with van der Waals surface area (Å²) in [5.41, 5.74) is 5.56. The van der Waals surface area contributed by atoms with Gasteiger partial charge in [0.1, 0.15) is 7.05 Å². The molecule has 0 amide bonds. The number of aryl methyl sites for hydroxylation is 1. The summed E-state index contributed by atoms with van der Waals surface area (Å²) in [6.45, 7) is 17.5. The van der Waals surface area contributed by atoms with Crippen molar-refractivity contribution in [2.45, 2.75) is 84.8 Å². The zero-order chi connectivity index (χ0) is 26.0. The quantitative estimate of drug-likeness (QED) is 0.407. The smallest absolute Gasteiger partial charge is 0.173 e. The first-order valence-corrected chi connectivity index (χ1v) is 13.0. The Bertz CT molecular complexity index is 1170. The first-order valence-electron chi connectivity index (χ1n) is 13.0. The molecular weight excluding hydrogens is 430 g/mol. The molecule has 3 N–H and O–H groups in total. The Kier molecular flexibility index (Phi) is 6.22. The topological polar surface area (TPSA) is 47.0 Å². The first-order chi connectivity index (χ1) is 16.0. The Balaban J connectivity index is 2.05. The van der Waals surface area contributed by atoms with Crippen molar-refractivity contribution >= 4 is 11.6 Å². The Morgan fingerprint density at radius 2 is 1.60 bits per heavy atom. The summed E-state index contributed by atoms with van der Waals surface area (Å²) in [6, 6.07) is 9.02. The summed E-state index contributed by atoms with van der Waals surface area (Å²) >= 11 is 0. The molecule has 3 nitrogen and oxygen atoms in total. The van der Waals surface area contributed by atoms with Gasteiger partial charge in [0.15, 0.2) is 18.0 Å². The van der Waals surface area contributed by atoms with E-state index in [0.29, 0.717) is 12.8 Å². The van der Waals surface area contributed by atoms with Gasteiger partial charge in [0, 0.05) is 19.1 Å². The monoisotopic (exact) mass is 475 g/mol. The molecule has 0 aliphatic heterocycles. The van der Waals surface area contributed by atoms with Gasteiger partial charge in [-0.15, -0.1) is 0 Å². The molecule has 1 heterocycles. The average Bonchev–Trinajstić information content (AvgIpc) is 2.73. The van der Waals surface area contributed by atoms with Crippen LogP contribution in [-0.2, 0) is 12.5 Å². The minimum Gasteiger partial charge on any atom is -0.440 e. The third kappa shape index (κ3) is 4.66. The molecule has 35 heavy (non-hydrogen) atoms. The number of nitrogens with zero attached hydrogens (tertiary/aromatic N) is 1. The van der Waals surface area contributed by atoms with Crippen molar-refractivity contribution in [2.24, 2.45) is 24.3 Å². The molecule has 1 aromatic carbocycles. The molecule has 4 rings (SSSR count). The summed E-state index contributed by atoms with van der Waals surface area (Å²) in [5.74, 6) is -0.130. The van der Waals surface area contributed by atoms with Crippen LogP contribution >= 0.6 is 0 Å². The van der Waals surface area contributed by atoms with Crippen LogP contribution in [0.15, 0.2) is 48.8 Å². The van der Waals surface area contributed by atoms with E-state index in [9.17, 15) is 10.2 Å². The molecule has 3 heteroatoms. The second-order valence-electron chi connectivity index (χ2n) is 13.4. The molecule has 1 aromatic heterocycles. The van der Waals surface area contributed by atoms with E-state index >= 15 is 0 Å². The molecule has 2 aliphatic carbocycles. The van der Waals surface area contributed by atoms with Gasteiger partial charge in [-0.05, 0) is 64.0 Å². The van der Waals surface area contributed by atoms with Crippen LogP contribution < -0.4 is 4.57 Å². The number of hydrogen-bond acceptors (Lipinski definition) is 1. The lowest BCUT2D eigenvalue weighted by Crippen LogP contribution is -2.57. The van der Waals surface area contributed by atoms with Crippen LogP contribution in [0.4, 0.5) is 0 Å². The lowest BCUT2D eigenvalue weighted by Gasteiger charge is -2.51. The lowest BCUT2D eigenvalue weighted by molar-refractivity contribution is -0.671. The fourth-order valence-electron chi connectivity index (χ4n) is 5.69. The highest BCUT2D eigenvalue weighted by molar-refractivity contribution is 5.84. The van der Waals surface area contributed by atoms with E-state index in [1.54, 1.807) is 0 Å². The van der Waals surface area contributed by atoms with Gasteiger partial charge < -0.3 is 10.2 Å². The number of aromatic nitrogens is 1. The van der Waals surface area contributed by atoms with Gasteiger partial charge in [-0.1, -0.05) is 71.9 Å². The van der Waals surface area contributed by atoms with Gasteiger partial charge in [0.2, 0.25) is 0 Å². The maximum absolute atomic E-state index is 11.9. The molecular formula is C32H45NO2+2. The summed E-state index contributed by atoms with van der Waals surface area (Å²) in [7, 11) is 2.04. The fourth-order valence-corrected chi connectivity index (χ4v) is 5.69. The Morgan fingerprint density at radius 3 is 2.17 bits per heavy atom. The van der Waals surface area contributed by atoms with Gasteiger partial charge in [0.25, 0.3) is 0 Å². The highest BCUT2D eigenvalue weighted by atomic mass is 16.3. The zero-order valence-electron chi connectivity index (χ0n) is 23.2. The summed E-state index contributed by atoms with van der Waals surface area (Å²) in [5, 5.41) is 21.5. The molecule has 0 radical (unpaired) electrons. The van der Waals surface area contributed by atoms with E-state index in [4.69, 9.17) is 0 Å². The average molecular weight is 476 g/mol. The largest absolute Gasteiger partial charge is 0.440 e. The van der Waals surface area contributed by atoms with Gasteiger partial charge in [-0.25, -0.2) is 4.57 Å². The molecule has 2 aromatic rings. The van der Waals surface area contributed by atoms with Gasteiger partial charge in [-0.3, -0.25) is 0 Å². The van der Waals surface area contributed by atoms with Crippen LogP contribution in [0, 0.1) is 24.2 Å². The molecule has 4 atom stereocenters. The van der Waals surface area contributed by atoms with Gasteiger partial charge >= 0.3 is 0 Å². The molecule has 188 valence electrons. The Morgan fingerprint density at radius 1 is 1.00 bits per heavy atom. The Labute approximate surface area is 212 Å².